The van der Waals surface area contributed by atoms with E-state index in [2.05, 4.69) is 11.4 Å². The minimum atomic E-state index is -0.188. The van der Waals surface area contributed by atoms with Gasteiger partial charge in [-0.05, 0) is 62.1 Å². The van der Waals surface area contributed by atoms with Crippen molar-refractivity contribution in [2.24, 2.45) is 11.8 Å². The van der Waals surface area contributed by atoms with Gasteiger partial charge in [0.15, 0.2) is 0 Å². The number of carbonyl (C=O) groups is 3. The second-order valence-electron chi connectivity index (χ2n) is 7.79. The zero-order valence-corrected chi connectivity index (χ0v) is 15.6. The van der Waals surface area contributed by atoms with Gasteiger partial charge in [-0.2, -0.15) is 0 Å². The summed E-state index contributed by atoms with van der Waals surface area (Å²) in [4.78, 5) is 38.6. The third-order valence-electron chi connectivity index (χ3n) is 6.05. The molecular weight excluding hydrogens is 340 g/mol. The summed E-state index contributed by atoms with van der Waals surface area (Å²) in [6.07, 6.45) is 10.6. The van der Waals surface area contributed by atoms with E-state index >= 15 is 0 Å². The maximum absolute atomic E-state index is 12.4. The summed E-state index contributed by atoms with van der Waals surface area (Å²) < 4.78 is 0. The number of aryl methyl sites for hydroxylation is 1. The Bertz CT molecular complexity index is 773. The van der Waals surface area contributed by atoms with Gasteiger partial charge in [-0.25, -0.2) is 0 Å². The summed E-state index contributed by atoms with van der Waals surface area (Å²) >= 11 is 0. The summed E-state index contributed by atoms with van der Waals surface area (Å²) in [7, 11) is 0. The average molecular weight is 366 g/mol. The quantitative estimate of drug-likeness (QED) is 0.643. The van der Waals surface area contributed by atoms with Crippen LogP contribution in [0.25, 0.3) is 0 Å². The highest BCUT2D eigenvalue weighted by Gasteiger charge is 2.46. The van der Waals surface area contributed by atoms with E-state index in [-0.39, 0.29) is 29.6 Å². The minimum Gasteiger partial charge on any atom is -0.326 e. The normalized spacial score (nSPS) is 23.9. The second kappa shape index (κ2) is 7.67. The van der Waals surface area contributed by atoms with Crippen LogP contribution < -0.4 is 5.32 Å². The first-order valence-corrected chi connectivity index (χ1v) is 10.1. The summed E-state index contributed by atoms with van der Waals surface area (Å²) in [5.41, 5.74) is 3.52. The molecule has 1 aromatic carbocycles. The SMILES string of the molecule is O=C(CCCN1C(=O)[C@@H]2CC=CC[C@H]2C1=O)Nc1cccc2c1CCCC2. The maximum Gasteiger partial charge on any atom is 0.233 e. The smallest absolute Gasteiger partial charge is 0.233 e. The number of fused-ring (bicyclic) bond motifs is 2. The molecule has 1 aliphatic heterocycles. The Morgan fingerprint density at radius 2 is 1.74 bits per heavy atom. The van der Waals surface area contributed by atoms with E-state index in [0.29, 0.717) is 32.2 Å². The van der Waals surface area contributed by atoms with Crippen molar-refractivity contribution in [1.29, 1.82) is 0 Å². The Morgan fingerprint density at radius 3 is 2.48 bits per heavy atom. The number of hydrogen-bond donors (Lipinski definition) is 1. The van der Waals surface area contributed by atoms with Crippen LogP contribution in [-0.2, 0) is 27.2 Å². The Kier molecular flexibility index (Phi) is 5.10. The van der Waals surface area contributed by atoms with Crippen LogP contribution in [0.4, 0.5) is 5.69 Å². The molecule has 3 amide bonds. The Morgan fingerprint density at radius 1 is 1.04 bits per heavy atom. The van der Waals surface area contributed by atoms with Gasteiger partial charge >= 0.3 is 0 Å². The molecule has 5 heteroatoms. The highest BCUT2D eigenvalue weighted by molar-refractivity contribution is 6.05. The van der Waals surface area contributed by atoms with Crippen molar-refractivity contribution in [1.82, 2.24) is 4.90 Å². The minimum absolute atomic E-state index is 0.0489. The number of hydrogen-bond acceptors (Lipinski definition) is 3. The van der Waals surface area contributed by atoms with Crippen molar-refractivity contribution < 1.29 is 14.4 Å². The maximum atomic E-state index is 12.4. The zero-order chi connectivity index (χ0) is 18.8. The number of allylic oxidation sites excluding steroid dienone is 2. The molecule has 2 atom stereocenters. The Balaban J connectivity index is 1.30. The van der Waals surface area contributed by atoms with Crippen LogP contribution in [0.15, 0.2) is 30.4 Å². The van der Waals surface area contributed by atoms with Crippen molar-refractivity contribution in [2.45, 2.75) is 51.4 Å². The molecule has 3 aliphatic rings. The van der Waals surface area contributed by atoms with E-state index in [1.807, 2.05) is 24.3 Å². The van der Waals surface area contributed by atoms with Gasteiger partial charge in [-0.15, -0.1) is 0 Å². The van der Waals surface area contributed by atoms with Gasteiger partial charge in [0.25, 0.3) is 0 Å². The van der Waals surface area contributed by atoms with E-state index < -0.39 is 0 Å². The fraction of sp³-hybridized carbons (Fsp3) is 0.500. The van der Waals surface area contributed by atoms with Crippen LogP contribution in [0, 0.1) is 11.8 Å². The molecule has 0 aromatic heterocycles. The zero-order valence-electron chi connectivity index (χ0n) is 15.6. The fourth-order valence-corrected chi connectivity index (χ4v) is 4.60. The van der Waals surface area contributed by atoms with Crippen molar-refractivity contribution >= 4 is 23.4 Å². The van der Waals surface area contributed by atoms with Crippen LogP contribution in [0.5, 0.6) is 0 Å². The van der Waals surface area contributed by atoms with E-state index in [0.717, 1.165) is 24.9 Å². The molecule has 1 heterocycles. The van der Waals surface area contributed by atoms with Gasteiger partial charge in [0, 0.05) is 18.7 Å². The Labute approximate surface area is 159 Å². The predicted octanol–water partition coefficient (Wildman–Crippen LogP) is 3.24. The van der Waals surface area contributed by atoms with Crippen molar-refractivity contribution in [2.75, 3.05) is 11.9 Å². The number of imide groups is 1. The lowest BCUT2D eigenvalue weighted by molar-refractivity contribution is -0.140. The monoisotopic (exact) mass is 366 g/mol. The molecule has 5 nitrogen and oxygen atoms in total. The lowest BCUT2D eigenvalue weighted by Gasteiger charge is -2.20. The molecule has 0 radical (unpaired) electrons. The summed E-state index contributed by atoms with van der Waals surface area (Å²) in [5.74, 6) is -0.551. The lowest BCUT2D eigenvalue weighted by atomic mass is 9.85. The molecule has 1 saturated heterocycles. The lowest BCUT2D eigenvalue weighted by Crippen LogP contribution is -2.32. The molecule has 1 fully saturated rings. The van der Waals surface area contributed by atoms with Crippen LogP contribution >= 0.6 is 0 Å². The van der Waals surface area contributed by atoms with E-state index in [1.165, 1.54) is 22.4 Å². The van der Waals surface area contributed by atoms with Gasteiger partial charge in [0.1, 0.15) is 0 Å². The Hall–Kier alpha value is -2.43. The van der Waals surface area contributed by atoms with Crippen LogP contribution in [0.1, 0.15) is 49.7 Å². The van der Waals surface area contributed by atoms with Crippen molar-refractivity contribution in [3.63, 3.8) is 0 Å². The molecule has 27 heavy (non-hydrogen) atoms. The molecular formula is C22H26N2O3. The molecule has 0 bridgehead atoms. The number of nitrogens with zero attached hydrogens (tertiary/aromatic N) is 1. The molecule has 0 unspecified atom stereocenters. The number of carbonyl (C=O) groups excluding carboxylic acids is 3. The number of anilines is 1. The van der Waals surface area contributed by atoms with Gasteiger partial charge in [0.05, 0.1) is 11.8 Å². The molecule has 4 rings (SSSR count). The van der Waals surface area contributed by atoms with Gasteiger partial charge in [-0.1, -0.05) is 24.3 Å². The van der Waals surface area contributed by atoms with Gasteiger partial charge < -0.3 is 5.32 Å². The van der Waals surface area contributed by atoms with Gasteiger partial charge in [-0.3, -0.25) is 19.3 Å². The first kappa shape index (κ1) is 18.0. The molecule has 142 valence electrons. The number of nitrogens with one attached hydrogen (secondary N) is 1. The van der Waals surface area contributed by atoms with E-state index in [1.54, 1.807) is 0 Å². The first-order chi connectivity index (χ1) is 13.1. The number of likely N-dealkylation sites (tertiary alicyclic amines) is 1. The first-order valence-electron chi connectivity index (χ1n) is 10.1. The molecule has 0 spiro atoms. The highest BCUT2D eigenvalue weighted by Crippen LogP contribution is 2.35. The fourth-order valence-electron chi connectivity index (χ4n) is 4.60. The van der Waals surface area contributed by atoms with E-state index in [4.69, 9.17) is 0 Å². The molecule has 1 aromatic rings. The van der Waals surface area contributed by atoms with E-state index in [9.17, 15) is 14.4 Å². The number of rotatable bonds is 5. The van der Waals surface area contributed by atoms with Gasteiger partial charge in [0.2, 0.25) is 17.7 Å². The van der Waals surface area contributed by atoms with Crippen molar-refractivity contribution in [3.05, 3.63) is 41.5 Å². The van der Waals surface area contributed by atoms with Crippen molar-refractivity contribution in [3.8, 4) is 0 Å². The molecule has 2 aliphatic carbocycles. The second-order valence-corrected chi connectivity index (χ2v) is 7.79. The average Bonchev–Trinajstić information content (AvgIpc) is 2.93. The molecule has 0 saturated carbocycles. The third kappa shape index (κ3) is 3.55. The van der Waals surface area contributed by atoms with Crippen LogP contribution in [-0.4, -0.2) is 29.2 Å². The number of benzene rings is 1. The molecule has 1 N–H and O–H groups in total. The standard InChI is InChI=1S/C22H26N2O3/c25-20(23-19-12-5-8-15-7-1-2-9-16(15)19)13-6-14-24-21(26)17-10-3-4-11-18(17)22(24)27/h3-5,8,12,17-18H,1-2,6-7,9-11,13-14H2,(H,23,25)/t17-,18-/m1/s1. The highest BCUT2D eigenvalue weighted by atomic mass is 16.2. The van der Waals surface area contributed by atoms with Crippen LogP contribution in [0.2, 0.25) is 0 Å². The predicted molar refractivity (Wildman–Crippen MR) is 103 cm³/mol. The summed E-state index contributed by atoms with van der Waals surface area (Å²) in [5, 5.41) is 3.03. The summed E-state index contributed by atoms with van der Waals surface area (Å²) in [6.45, 7) is 0.338. The largest absolute Gasteiger partial charge is 0.326 e. The third-order valence-corrected chi connectivity index (χ3v) is 6.05. The topological polar surface area (TPSA) is 66.5 Å². The summed E-state index contributed by atoms with van der Waals surface area (Å²) in [6, 6.07) is 6.10. The van der Waals surface area contributed by atoms with Crippen LogP contribution in [0.3, 0.4) is 0 Å². The number of amides is 3.